The Morgan fingerprint density at radius 2 is 2.00 bits per heavy atom. The average Bonchev–Trinajstić information content (AvgIpc) is 3.60. The lowest BCUT2D eigenvalue weighted by molar-refractivity contribution is 0.0938. The van der Waals surface area contributed by atoms with Gasteiger partial charge in [0.05, 0.1) is 58.5 Å². The first-order chi connectivity index (χ1) is 17.3. The Balaban J connectivity index is 1.26. The van der Waals surface area contributed by atoms with Crippen molar-refractivity contribution in [2.75, 3.05) is 25.0 Å². The molecule has 1 aliphatic rings. The summed E-state index contributed by atoms with van der Waals surface area (Å²) in [4.78, 5) is 37.0. The van der Waals surface area contributed by atoms with E-state index in [1.807, 2.05) is 5.38 Å². The van der Waals surface area contributed by atoms with Gasteiger partial charge in [-0.3, -0.25) is 24.5 Å². The average molecular weight is 505 g/mol. The Labute approximate surface area is 212 Å². The monoisotopic (exact) mass is 504 g/mol. The number of hydrogen-bond donors (Lipinski definition) is 2. The Morgan fingerprint density at radius 1 is 1.14 bits per heavy atom. The molecule has 1 saturated heterocycles. The molecule has 10 nitrogen and oxygen atoms in total. The van der Waals surface area contributed by atoms with Crippen molar-refractivity contribution in [2.45, 2.75) is 39.2 Å². The highest BCUT2D eigenvalue weighted by Crippen LogP contribution is 2.27. The van der Waals surface area contributed by atoms with Crippen molar-refractivity contribution in [3.05, 3.63) is 59.3 Å². The minimum Gasteiger partial charge on any atom is -0.351 e. The zero-order valence-corrected chi connectivity index (χ0v) is 21.3. The molecule has 5 rings (SSSR count). The van der Waals surface area contributed by atoms with E-state index < -0.39 is 0 Å². The number of hydrogen-bond acceptors (Lipinski definition) is 8. The zero-order chi connectivity index (χ0) is 25.3. The van der Waals surface area contributed by atoms with E-state index in [0.29, 0.717) is 34.6 Å². The fourth-order valence-corrected chi connectivity index (χ4v) is 5.03. The van der Waals surface area contributed by atoms with Crippen LogP contribution in [0.4, 0.5) is 5.69 Å². The van der Waals surface area contributed by atoms with Crippen molar-refractivity contribution in [3.63, 3.8) is 0 Å². The van der Waals surface area contributed by atoms with E-state index in [1.54, 1.807) is 36.1 Å². The number of amides is 2. The van der Waals surface area contributed by atoms with Crippen LogP contribution in [0.25, 0.3) is 16.8 Å². The van der Waals surface area contributed by atoms with E-state index in [9.17, 15) is 9.59 Å². The maximum absolute atomic E-state index is 13.1. The van der Waals surface area contributed by atoms with Gasteiger partial charge in [0, 0.05) is 35.8 Å². The van der Waals surface area contributed by atoms with Crippen LogP contribution in [0.2, 0.25) is 0 Å². The summed E-state index contributed by atoms with van der Waals surface area (Å²) in [6.07, 6.45) is 10.5. The largest absolute Gasteiger partial charge is 0.351 e. The van der Waals surface area contributed by atoms with Gasteiger partial charge in [0.2, 0.25) is 0 Å². The molecule has 5 heterocycles. The fourth-order valence-electron chi connectivity index (χ4n) is 4.50. The quantitative estimate of drug-likeness (QED) is 0.396. The summed E-state index contributed by atoms with van der Waals surface area (Å²) in [6.45, 7) is 8.66. The number of anilines is 1. The summed E-state index contributed by atoms with van der Waals surface area (Å²) in [5.41, 5.74) is 4.21. The van der Waals surface area contributed by atoms with Crippen molar-refractivity contribution >= 4 is 34.6 Å². The van der Waals surface area contributed by atoms with Crippen LogP contribution in [0.5, 0.6) is 0 Å². The molecule has 1 fully saturated rings. The first kappa shape index (κ1) is 24.0. The highest BCUT2D eigenvalue weighted by molar-refractivity contribution is 7.03. The SMILES string of the molecule is Cc1ncc(C(=O)NCCN2CCCC2(C)C)cc1NC(=O)c1cnn2cc(-c3cnsc3)ncc12. The van der Waals surface area contributed by atoms with Crippen LogP contribution in [0.3, 0.4) is 0 Å². The number of nitrogens with one attached hydrogen (secondary N) is 2. The molecule has 0 unspecified atom stereocenters. The molecule has 0 bridgehead atoms. The molecule has 2 amide bonds. The number of aromatic nitrogens is 5. The van der Waals surface area contributed by atoms with Gasteiger partial charge >= 0.3 is 0 Å². The molecule has 4 aromatic heterocycles. The van der Waals surface area contributed by atoms with Crippen molar-refractivity contribution in [3.8, 4) is 11.3 Å². The van der Waals surface area contributed by atoms with Crippen LogP contribution in [0.15, 0.2) is 42.4 Å². The summed E-state index contributed by atoms with van der Waals surface area (Å²) in [6, 6.07) is 1.65. The van der Waals surface area contributed by atoms with Gasteiger partial charge in [-0.1, -0.05) is 0 Å². The molecule has 0 aliphatic carbocycles. The van der Waals surface area contributed by atoms with E-state index in [2.05, 4.69) is 48.8 Å². The van der Waals surface area contributed by atoms with E-state index in [-0.39, 0.29) is 17.4 Å². The molecule has 0 spiro atoms. The van der Waals surface area contributed by atoms with Gasteiger partial charge < -0.3 is 10.6 Å². The van der Waals surface area contributed by atoms with E-state index in [0.717, 1.165) is 24.3 Å². The van der Waals surface area contributed by atoms with Gasteiger partial charge in [-0.15, -0.1) is 0 Å². The first-order valence-corrected chi connectivity index (χ1v) is 12.7. The minimum atomic E-state index is -0.351. The number of nitrogens with zero attached hydrogens (tertiary/aromatic N) is 6. The van der Waals surface area contributed by atoms with Crippen LogP contribution < -0.4 is 10.6 Å². The van der Waals surface area contributed by atoms with Gasteiger partial charge in [-0.25, -0.2) is 8.89 Å². The van der Waals surface area contributed by atoms with Gasteiger partial charge in [0.25, 0.3) is 11.8 Å². The number of rotatable bonds is 7. The Kier molecular flexibility index (Phi) is 6.50. The summed E-state index contributed by atoms with van der Waals surface area (Å²) in [5.74, 6) is -0.568. The lowest BCUT2D eigenvalue weighted by Crippen LogP contribution is -2.43. The van der Waals surface area contributed by atoms with Crippen molar-refractivity contribution in [2.24, 2.45) is 0 Å². The van der Waals surface area contributed by atoms with Crippen molar-refractivity contribution < 1.29 is 9.59 Å². The normalized spacial score (nSPS) is 15.3. The summed E-state index contributed by atoms with van der Waals surface area (Å²) in [7, 11) is 0. The molecule has 0 atom stereocenters. The zero-order valence-electron chi connectivity index (χ0n) is 20.5. The topological polar surface area (TPSA) is 117 Å². The van der Waals surface area contributed by atoms with Gasteiger partial charge in [0.15, 0.2) is 0 Å². The predicted molar refractivity (Wildman–Crippen MR) is 138 cm³/mol. The highest BCUT2D eigenvalue weighted by Gasteiger charge is 2.31. The third-order valence-electron chi connectivity index (χ3n) is 6.71. The third kappa shape index (κ3) is 4.84. The maximum atomic E-state index is 13.1. The number of aryl methyl sites for hydroxylation is 1. The van der Waals surface area contributed by atoms with Crippen molar-refractivity contribution in [1.29, 1.82) is 0 Å². The molecule has 186 valence electrons. The van der Waals surface area contributed by atoms with Gasteiger partial charge in [-0.2, -0.15) is 5.10 Å². The molecule has 0 radical (unpaired) electrons. The van der Waals surface area contributed by atoms with E-state index >= 15 is 0 Å². The molecule has 4 aromatic rings. The maximum Gasteiger partial charge on any atom is 0.259 e. The van der Waals surface area contributed by atoms with Gasteiger partial charge in [0.1, 0.15) is 0 Å². The first-order valence-electron chi connectivity index (χ1n) is 11.9. The van der Waals surface area contributed by atoms with Crippen LogP contribution in [0.1, 0.15) is 53.1 Å². The minimum absolute atomic E-state index is 0.171. The molecular weight excluding hydrogens is 476 g/mol. The fraction of sp³-hybridized carbons (Fsp3) is 0.360. The molecule has 1 aliphatic heterocycles. The molecule has 2 N–H and O–H groups in total. The van der Waals surface area contributed by atoms with Crippen LogP contribution in [-0.2, 0) is 0 Å². The number of pyridine rings is 1. The summed E-state index contributed by atoms with van der Waals surface area (Å²) < 4.78 is 5.71. The number of carbonyl (C=O) groups excluding carboxylic acids is 2. The van der Waals surface area contributed by atoms with Crippen LogP contribution >= 0.6 is 11.5 Å². The Bertz CT molecular complexity index is 1410. The van der Waals surface area contributed by atoms with Crippen LogP contribution in [-0.4, -0.2) is 65.8 Å². The van der Waals surface area contributed by atoms with Crippen LogP contribution in [0, 0.1) is 6.92 Å². The summed E-state index contributed by atoms with van der Waals surface area (Å²) in [5, 5.41) is 12.1. The lowest BCUT2D eigenvalue weighted by atomic mass is 10.0. The second-order valence-corrected chi connectivity index (χ2v) is 10.2. The van der Waals surface area contributed by atoms with E-state index in [4.69, 9.17) is 0 Å². The van der Waals surface area contributed by atoms with E-state index in [1.165, 1.54) is 36.8 Å². The molecule has 36 heavy (non-hydrogen) atoms. The molecular formula is C25H28N8O2S. The second-order valence-electron chi connectivity index (χ2n) is 9.54. The standard InChI is InChI=1S/C25H28N8O2S/c1-16-20(9-17(10-27-16)23(34)26-6-8-32-7-4-5-25(32,2)3)31-24(35)19-12-29-33-14-21(28-13-22(19)33)18-11-30-36-15-18/h9-15H,4-8H2,1-3H3,(H,26,34)(H,31,35). The Hall–Kier alpha value is -3.70. The van der Waals surface area contributed by atoms with Crippen molar-refractivity contribution in [1.82, 2.24) is 34.2 Å². The van der Waals surface area contributed by atoms with Gasteiger partial charge in [-0.05, 0) is 57.8 Å². The highest BCUT2D eigenvalue weighted by atomic mass is 32.1. The smallest absolute Gasteiger partial charge is 0.259 e. The number of carbonyl (C=O) groups is 2. The number of fused-ring (bicyclic) bond motifs is 1. The third-order valence-corrected chi connectivity index (χ3v) is 7.30. The predicted octanol–water partition coefficient (Wildman–Crippen LogP) is 3.41. The lowest BCUT2D eigenvalue weighted by Gasteiger charge is -2.31. The second kappa shape index (κ2) is 9.75. The molecule has 11 heteroatoms. The number of likely N-dealkylation sites (tertiary alicyclic amines) is 1. The molecule has 0 aromatic carbocycles. The summed E-state index contributed by atoms with van der Waals surface area (Å²) >= 11 is 1.35. The Morgan fingerprint density at radius 3 is 2.75 bits per heavy atom. The molecule has 0 saturated carbocycles.